The fourth-order valence-corrected chi connectivity index (χ4v) is 3.02. The third-order valence-electron chi connectivity index (χ3n) is 4.55. The summed E-state index contributed by atoms with van der Waals surface area (Å²) in [5.41, 5.74) is -1.20. The van der Waals surface area contributed by atoms with Gasteiger partial charge in [-0.05, 0) is 36.4 Å². The first kappa shape index (κ1) is 20.8. The number of piperazine rings is 1. The predicted octanol–water partition coefficient (Wildman–Crippen LogP) is 5.08. The number of benzene rings is 2. The number of halogens is 6. The monoisotopic (exact) mass is 417 g/mol. The molecule has 1 aliphatic heterocycles. The SMILES string of the molecule is O=C(Nc1cccc(C(F)(F)F)c1)N1CCN(c2cccc(C(F)(F)F)c2)CC1. The zero-order valence-corrected chi connectivity index (χ0v) is 15.0. The van der Waals surface area contributed by atoms with Crippen LogP contribution in [0.1, 0.15) is 11.1 Å². The quantitative estimate of drug-likeness (QED) is 0.692. The summed E-state index contributed by atoms with van der Waals surface area (Å²) >= 11 is 0. The molecule has 2 aromatic rings. The molecule has 2 aromatic carbocycles. The summed E-state index contributed by atoms with van der Waals surface area (Å²) < 4.78 is 76.9. The third-order valence-corrected chi connectivity index (χ3v) is 4.55. The van der Waals surface area contributed by atoms with E-state index in [4.69, 9.17) is 0 Å². The van der Waals surface area contributed by atoms with Gasteiger partial charge in [-0.2, -0.15) is 26.3 Å². The highest BCUT2D eigenvalue weighted by molar-refractivity contribution is 5.89. The third kappa shape index (κ3) is 5.12. The number of alkyl halides is 6. The van der Waals surface area contributed by atoms with Gasteiger partial charge in [0.1, 0.15) is 0 Å². The lowest BCUT2D eigenvalue weighted by Crippen LogP contribution is -2.50. The number of nitrogens with one attached hydrogen (secondary N) is 1. The fourth-order valence-electron chi connectivity index (χ4n) is 3.02. The number of amides is 2. The van der Waals surface area contributed by atoms with Gasteiger partial charge >= 0.3 is 18.4 Å². The van der Waals surface area contributed by atoms with Gasteiger partial charge in [-0.15, -0.1) is 0 Å². The van der Waals surface area contributed by atoms with Gasteiger partial charge in [0, 0.05) is 37.6 Å². The summed E-state index contributed by atoms with van der Waals surface area (Å²) in [5.74, 6) is 0. The smallest absolute Gasteiger partial charge is 0.368 e. The van der Waals surface area contributed by atoms with Gasteiger partial charge in [-0.25, -0.2) is 4.79 Å². The van der Waals surface area contributed by atoms with Crippen molar-refractivity contribution in [3.05, 3.63) is 59.7 Å². The molecule has 10 heteroatoms. The van der Waals surface area contributed by atoms with Crippen molar-refractivity contribution in [1.29, 1.82) is 0 Å². The van der Waals surface area contributed by atoms with Crippen molar-refractivity contribution in [3.63, 3.8) is 0 Å². The highest BCUT2D eigenvalue weighted by Crippen LogP contribution is 2.32. The van der Waals surface area contributed by atoms with E-state index in [-0.39, 0.29) is 18.8 Å². The molecule has 1 fully saturated rings. The normalized spacial score (nSPS) is 15.4. The van der Waals surface area contributed by atoms with Crippen molar-refractivity contribution < 1.29 is 31.1 Å². The molecule has 0 aromatic heterocycles. The minimum absolute atomic E-state index is 0.0186. The van der Waals surface area contributed by atoms with Crippen LogP contribution in [0.2, 0.25) is 0 Å². The van der Waals surface area contributed by atoms with Crippen molar-refractivity contribution in [1.82, 2.24) is 4.90 Å². The predicted molar refractivity (Wildman–Crippen MR) is 95.7 cm³/mol. The van der Waals surface area contributed by atoms with E-state index in [9.17, 15) is 31.1 Å². The molecule has 0 radical (unpaired) electrons. The Morgan fingerprint density at radius 2 is 1.34 bits per heavy atom. The molecule has 1 N–H and O–H groups in total. The summed E-state index contributed by atoms with van der Waals surface area (Å²) in [7, 11) is 0. The number of anilines is 2. The van der Waals surface area contributed by atoms with Crippen LogP contribution < -0.4 is 10.2 Å². The molecular formula is C19H17F6N3O. The van der Waals surface area contributed by atoms with Crippen LogP contribution >= 0.6 is 0 Å². The number of carbonyl (C=O) groups is 1. The first-order chi connectivity index (χ1) is 13.5. The van der Waals surface area contributed by atoms with Gasteiger partial charge < -0.3 is 15.1 Å². The van der Waals surface area contributed by atoms with Crippen LogP contribution in [0.3, 0.4) is 0 Å². The molecular weight excluding hydrogens is 400 g/mol. The first-order valence-electron chi connectivity index (χ1n) is 8.69. The number of urea groups is 1. The zero-order chi connectivity index (χ0) is 21.2. The van der Waals surface area contributed by atoms with Crippen molar-refractivity contribution in [2.24, 2.45) is 0 Å². The van der Waals surface area contributed by atoms with Crippen molar-refractivity contribution >= 4 is 17.4 Å². The van der Waals surface area contributed by atoms with E-state index in [0.29, 0.717) is 18.8 Å². The van der Waals surface area contributed by atoms with Gasteiger partial charge in [-0.3, -0.25) is 0 Å². The van der Waals surface area contributed by atoms with Gasteiger partial charge in [0.25, 0.3) is 0 Å². The number of rotatable bonds is 2. The maximum atomic E-state index is 12.9. The van der Waals surface area contributed by atoms with Crippen LogP contribution in [-0.4, -0.2) is 37.1 Å². The van der Waals surface area contributed by atoms with Crippen LogP contribution in [0, 0.1) is 0 Å². The first-order valence-corrected chi connectivity index (χ1v) is 8.69. The Morgan fingerprint density at radius 3 is 1.93 bits per heavy atom. The molecule has 0 bridgehead atoms. The fraction of sp³-hybridized carbons (Fsp3) is 0.316. The van der Waals surface area contributed by atoms with E-state index in [0.717, 1.165) is 24.3 Å². The van der Waals surface area contributed by atoms with E-state index in [1.165, 1.54) is 23.1 Å². The highest BCUT2D eigenvalue weighted by Gasteiger charge is 2.32. The molecule has 1 aliphatic rings. The van der Waals surface area contributed by atoms with Gasteiger partial charge in [-0.1, -0.05) is 12.1 Å². The molecule has 156 valence electrons. The molecule has 1 saturated heterocycles. The van der Waals surface area contributed by atoms with Gasteiger partial charge in [0.05, 0.1) is 11.1 Å². The van der Waals surface area contributed by atoms with E-state index >= 15 is 0 Å². The van der Waals surface area contributed by atoms with Gasteiger partial charge in [0.15, 0.2) is 0 Å². The highest BCUT2D eigenvalue weighted by atomic mass is 19.4. The lowest BCUT2D eigenvalue weighted by atomic mass is 10.1. The van der Waals surface area contributed by atoms with E-state index in [1.54, 1.807) is 11.0 Å². The Hall–Kier alpha value is -2.91. The molecule has 3 rings (SSSR count). The summed E-state index contributed by atoms with van der Waals surface area (Å²) in [6.07, 6.45) is -8.96. The topological polar surface area (TPSA) is 35.6 Å². The number of hydrogen-bond donors (Lipinski definition) is 1. The Balaban J connectivity index is 1.60. The van der Waals surface area contributed by atoms with Crippen LogP contribution in [0.15, 0.2) is 48.5 Å². The van der Waals surface area contributed by atoms with Crippen molar-refractivity contribution in [2.75, 3.05) is 36.4 Å². The van der Waals surface area contributed by atoms with Gasteiger partial charge in [0.2, 0.25) is 0 Å². The molecule has 0 unspecified atom stereocenters. The summed E-state index contributed by atoms with van der Waals surface area (Å²) in [6.45, 7) is 1.05. The zero-order valence-electron chi connectivity index (χ0n) is 15.0. The molecule has 0 spiro atoms. The number of carbonyl (C=O) groups excluding carboxylic acids is 1. The van der Waals surface area contributed by atoms with Crippen molar-refractivity contribution in [3.8, 4) is 0 Å². The maximum Gasteiger partial charge on any atom is 0.416 e. The second-order valence-electron chi connectivity index (χ2n) is 6.53. The lowest BCUT2D eigenvalue weighted by molar-refractivity contribution is -0.138. The molecule has 0 saturated carbocycles. The Labute approximate surface area is 162 Å². The summed E-state index contributed by atoms with van der Waals surface area (Å²) in [6, 6.07) is 8.67. The minimum Gasteiger partial charge on any atom is -0.368 e. The second kappa shape index (κ2) is 7.84. The van der Waals surface area contributed by atoms with E-state index in [2.05, 4.69) is 5.32 Å². The Kier molecular flexibility index (Phi) is 5.63. The summed E-state index contributed by atoms with van der Waals surface area (Å²) in [5, 5.41) is 2.43. The van der Waals surface area contributed by atoms with Crippen LogP contribution in [0.4, 0.5) is 42.5 Å². The Bertz CT molecular complexity index is 873. The van der Waals surface area contributed by atoms with Crippen LogP contribution in [0.25, 0.3) is 0 Å². The van der Waals surface area contributed by atoms with Crippen LogP contribution in [-0.2, 0) is 12.4 Å². The number of hydrogen-bond acceptors (Lipinski definition) is 2. The lowest BCUT2D eigenvalue weighted by Gasteiger charge is -2.36. The average Bonchev–Trinajstić information content (AvgIpc) is 2.67. The standard InChI is InChI=1S/C19H17F6N3O/c20-18(21,22)13-3-1-5-15(11-13)26-17(29)28-9-7-27(8-10-28)16-6-2-4-14(12-16)19(23,24)25/h1-6,11-12H,7-10H2,(H,26,29). The van der Waals surface area contributed by atoms with E-state index < -0.39 is 29.5 Å². The minimum atomic E-state index is -4.52. The van der Waals surface area contributed by atoms with Crippen molar-refractivity contribution in [2.45, 2.75) is 12.4 Å². The molecule has 0 aliphatic carbocycles. The summed E-state index contributed by atoms with van der Waals surface area (Å²) in [4.78, 5) is 15.5. The second-order valence-corrected chi connectivity index (χ2v) is 6.53. The molecule has 29 heavy (non-hydrogen) atoms. The van der Waals surface area contributed by atoms with Crippen LogP contribution in [0.5, 0.6) is 0 Å². The average molecular weight is 417 g/mol. The molecule has 1 heterocycles. The number of nitrogens with zero attached hydrogens (tertiary/aromatic N) is 2. The maximum absolute atomic E-state index is 12.9. The Morgan fingerprint density at radius 1 is 0.793 bits per heavy atom. The molecule has 4 nitrogen and oxygen atoms in total. The largest absolute Gasteiger partial charge is 0.416 e. The molecule has 0 atom stereocenters. The van der Waals surface area contributed by atoms with E-state index in [1.807, 2.05) is 0 Å². The molecule has 2 amide bonds.